The summed E-state index contributed by atoms with van der Waals surface area (Å²) in [4.78, 5) is 4.40. The summed E-state index contributed by atoms with van der Waals surface area (Å²) in [6.07, 6.45) is 2.27. The van der Waals surface area contributed by atoms with Crippen LogP contribution >= 0.6 is 0 Å². The van der Waals surface area contributed by atoms with Crippen LogP contribution in [0.5, 0.6) is 0 Å². The van der Waals surface area contributed by atoms with E-state index < -0.39 is 0 Å². The van der Waals surface area contributed by atoms with Crippen molar-refractivity contribution in [1.82, 2.24) is 9.80 Å². The van der Waals surface area contributed by atoms with Gasteiger partial charge >= 0.3 is 16.8 Å². The Hall–Kier alpha value is 0.346. The molecule has 0 aliphatic rings. The van der Waals surface area contributed by atoms with E-state index in [0.717, 1.165) is 25.9 Å². The Morgan fingerprint density at radius 1 is 0.640 bits per heavy atom. The maximum absolute atomic E-state index is 4.73. The van der Waals surface area contributed by atoms with E-state index in [1.165, 1.54) is 0 Å². The van der Waals surface area contributed by atoms with Crippen molar-refractivity contribution in [1.29, 1.82) is 0 Å². The molecule has 0 aromatic rings. The van der Waals surface area contributed by atoms with E-state index >= 15 is 0 Å². The van der Waals surface area contributed by atoms with Gasteiger partial charge in [0.2, 0.25) is 0 Å². The Bertz CT molecular complexity index is 263. The summed E-state index contributed by atoms with van der Waals surface area (Å²) in [6, 6.07) is 0.972. The summed E-state index contributed by atoms with van der Waals surface area (Å²) >= 11 is 0. The molecule has 0 aliphatic carbocycles. The minimum atomic E-state index is 0. The molecule has 0 saturated heterocycles. The molecule has 0 rings (SSSR count). The maximum Gasteiger partial charge on any atom is 2.00 e. The molecule has 0 aliphatic heterocycles. The van der Waals surface area contributed by atoms with E-state index in [9.17, 15) is 0 Å². The average molecular weight is 402 g/mol. The first kappa shape index (κ1) is 30.1. The molecule has 155 valence electrons. The number of nitrogens with zero attached hydrogens (tertiary/aromatic N) is 4. The predicted octanol–water partition coefficient (Wildman–Crippen LogP) is 5.00. The number of likely N-dealkylation sites (N-methyl/N-ethyl adjacent to an activating group) is 2. The Labute approximate surface area is 170 Å². The molecule has 0 heterocycles. The van der Waals surface area contributed by atoms with E-state index in [1.54, 1.807) is 0 Å². The van der Waals surface area contributed by atoms with E-state index in [-0.39, 0.29) is 27.9 Å². The molecule has 1 radical (unpaired) electrons. The third kappa shape index (κ3) is 24.3. The molecule has 0 spiro atoms. The molecule has 0 N–H and O–H groups in total. The molecule has 2 unspecified atom stereocenters. The van der Waals surface area contributed by atoms with Crippen LogP contribution in [-0.4, -0.2) is 74.2 Å². The fourth-order valence-electron chi connectivity index (χ4n) is 2.46. The minimum absolute atomic E-state index is 0. The van der Waals surface area contributed by atoms with E-state index in [0.29, 0.717) is 12.1 Å². The quantitative estimate of drug-likeness (QED) is 0.574. The van der Waals surface area contributed by atoms with Gasteiger partial charge in [0.1, 0.15) is 0 Å². The summed E-state index contributed by atoms with van der Waals surface area (Å²) in [5.74, 6) is 0. The van der Waals surface area contributed by atoms with Crippen LogP contribution in [0.15, 0.2) is 0 Å². The molecule has 0 aromatic heterocycles. The minimum Gasteiger partial charge on any atom is -0.654 e. The van der Waals surface area contributed by atoms with Gasteiger partial charge in [0.25, 0.3) is 0 Å². The van der Waals surface area contributed by atoms with Gasteiger partial charge in [-0.25, -0.2) is 0 Å². The fourth-order valence-corrected chi connectivity index (χ4v) is 2.46. The molecule has 0 amide bonds. The van der Waals surface area contributed by atoms with Gasteiger partial charge in [0.15, 0.2) is 0 Å². The zero-order valence-corrected chi connectivity index (χ0v) is 20.1. The first-order chi connectivity index (χ1) is 10.7. The summed E-state index contributed by atoms with van der Waals surface area (Å²) in [7, 11) is 8.39. The van der Waals surface area contributed by atoms with Crippen LogP contribution < -0.4 is 0 Å². The first-order valence-electron chi connectivity index (χ1n) is 9.43. The van der Waals surface area contributed by atoms with Crippen LogP contribution in [-0.2, 0) is 16.8 Å². The second-order valence-corrected chi connectivity index (χ2v) is 9.25. The van der Waals surface area contributed by atoms with E-state index in [1.807, 2.05) is 0 Å². The van der Waals surface area contributed by atoms with Crippen molar-refractivity contribution >= 4 is 0 Å². The molecule has 0 bridgehead atoms. The van der Waals surface area contributed by atoms with Crippen LogP contribution in [0.1, 0.15) is 68.2 Å². The standard InChI is InChI=1S/2C10H23N2.Co/c2*1-7-9(8-12(5)6)11-10(2,3)4;/h2*9H,7-8H2,1-6H3;/q2*-1;+2. The van der Waals surface area contributed by atoms with Crippen LogP contribution in [0.25, 0.3) is 10.6 Å². The van der Waals surface area contributed by atoms with Crippen LogP contribution in [0.4, 0.5) is 0 Å². The maximum atomic E-state index is 4.73. The Morgan fingerprint density at radius 2 is 0.880 bits per heavy atom. The van der Waals surface area contributed by atoms with Crippen molar-refractivity contribution in [3.63, 3.8) is 0 Å². The van der Waals surface area contributed by atoms with Crippen LogP contribution in [0, 0.1) is 0 Å². The third-order valence-corrected chi connectivity index (χ3v) is 3.23. The zero-order chi connectivity index (χ0) is 19.6. The summed E-state index contributed by atoms with van der Waals surface area (Å²) < 4.78 is 0. The van der Waals surface area contributed by atoms with Gasteiger partial charge in [0.05, 0.1) is 0 Å². The zero-order valence-electron chi connectivity index (χ0n) is 19.1. The predicted molar refractivity (Wildman–Crippen MR) is 111 cm³/mol. The Balaban J connectivity index is -0.000000372. The topological polar surface area (TPSA) is 34.7 Å². The van der Waals surface area contributed by atoms with Gasteiger partial charge in [0, 0.05) is 0 Å². The Morgan fingerprint density at radius 3 is 1.00 bits per heavy atom. The van der Waals surface area contributed by atoms with Crippen molar-refractivity contribution < 1.29 is 16.8 Å². The summed E-state index contributed by atoms with van der Waals surface area (Å²) in [6.45, 7) is 19.5. The van der Waals surface area contributed by atoms with Crippen molar-refractivity contribution in [3.05, 3.63) is 10.6 Å². The molecule has 4 nitrogen and oxygen atoms in total. The molecule has 0 aromatic carbocycles. The monoisotopic (exact) mass is 401 g/mol. The number of rotatable bonds is 8. The molecule has 0 fully saturated rings. The first-order valence-corrected chi connectivity index (χ1v) is 9.43. The number of hydrogen-bond acceptors (Lipinski definition) is 2. The van der Waals surface area contributed by atoms with Gasteiger partial charge in [-0.3, -0.25) is 0 Å². The van der Waals surface area contributed by atoms with E-state index in [2.05, 4.69) is 93.4 Å². The largest absolute Gasteiger partial charge is 2.00 e. The number of hydrogen-bond donors (Lipinski definition) is 0. The Kier molecular flexibility index (Phi) is 17.3. The van der Waals surface area contributed by atoms with Crippen LogP contribution in [0.2, 0.25) is 0 Å². The second kappa shape index (κ2) is 14.4. The van der Waals surface area contributed by atoms with Gasteiger partial charge < -0.3 is 20.4 Å². The fraction of sp³-hybridized carbons (Fsp3) is 1.00. The molecular formula is C20H46CoN4. The molecule has 25 heavy (non-hydrogen) atoms. The van der Waals surface area contributed by atoms with Gasteiger partial charge in [-0.2, -0.15) is 0 Å². The van der Waals surface area contributed by atoms with Crippen LogP contribution in [0.3, 0.4) is 0 Å². The molecule has 5 heteroatoms. The van der Waals surface area contributed by atoms with Gasteiger partial charge in [-0.05, 0) is 41.3 Å². The van der Waals surface area contributed by atoms with Crippen molar-refractivity contribution in [2.75, 3.05) is 41.3 Å². The SMILES string of the molecule is CCC(CN(C)C)[N-]C(C)(C)C.CCC(CN(C)C)[N-]C(C)(C)C.[Co+2]. The smallest absolute Gasteiger partial charge is 0.654 e. The molecule has 0 saturated carbocycles. The van der Waals surface area contributed by atoms with Crippen molar-refractivity contribution in [2.45, 2.75) is 91.4 Å². The summed E-state index contributed by atoms with van der Waals surface area (Å²) in [5.41, 5.74) is 0.216. The van der Waals surface area contributed by atoms with E-state index in [4.69, 9.17) is 10.6 Å². The van der Waals surface area contributed by atoms with Crippen molar-refractivity contribution in [2.24, 2.45) is 0 Å². The molecule has 2 atom stereocenters. The third-order valence-electron chi connectivity index (χ3n) is 3.23. The average Bonchev–Trinajstić information content (AvgIpc) is 2.33. The summed E-state index contributed by atoms with van der Waals surface area (Å²) in [5, 5.41) is 9.45. The van der Waals surface area contributed by atoms with Gasteiger partial charge in [-0.1, -0.05) is 68.2 Å². The van der Waals surface area contributed by atoms with Crippen molar-refractivity contribution in [3.8, 4) is 0 Å². The van der Waals surface area contributed by atoms with Gasteiger partial charge in [-0.15, -0.1) is 23.2 Å². The molecular weight excluding hydrogens is 355 g/mol. The second-order valence-electron chi connectivity index (χ2n) is 9.25. The normalized spacial score (nSPS) is 14.6.